The Morgan fingerprint density at radius 2 is 1.79 bits per heavy atom. The van der Waals surface area contributed by atoms with Crippen LogP contribution in [0, 0.1) is 0 Å². The van der Waals surface area contributed by atoms with Crippen LogP contribution >= 0.6 is 23.2 Å². The molecule has 0 bridgehead atoms. The minimum Gasteiger partial charge on any atom is -0.449 e. The molecule has 2 rings (SSSR count). The molecule has 0 heterocycles. The van der Waals surface area contributed by atoms with Crippen LogP contribution in [0.2, 0.25) is 10.0 Å². The van der Waals surface area contributed by atoms with Gasteiger partial charge >= 0.3 is 12.6 Å². The number of hydrogen-bond donors (Lipinski definition) is 1. The van der Waals surface area contributed by atoms with Crippen molar-refractivity contribution in [1.82, 2.24) is 0 Å². The van der Waals surface area contributed by atoms with E-state index in [2.05, 4.69) is 10.1 Å². The van der Waals surface area contributed by atoms with Gasteiger partial charge in [-0.25, -0.2) is 4.79 Å². The van der Waals surface area contributed by atoms with Crippen molar-refractivity contribution in [3.63, 3.8) is 0 Å². The summed E-state index contributed by atoms with van der Waals surface area (Å²) in [6.07, 6.45) is 1.43. The molecule has 0 aliphatic carbocycles. The minimum absolute atomic E-state index is 0.000281. The first-order valence-corrected chi connectivity index (χ1v) is 8.70. The largest absolute Gasteiger partial charge is 0.449 e. The third kappa shape index (κ3) is 6.51. The first kappa shape index (κ1) is 21.7. The Kier molecular flexibility index (Phi) is 7.78. The van der Waals surface area contributed by atoms with Gasteiger partial charge in [-0.05, 0) is 42.8 Å². The number of ether oxygens (including phenoxy) is 2. The van der Waals surface area contributed by atoms with Gasteiger partial charge in [0.1, 0.15) is 5.75 Å². The van der Waals surface area contributed by atoms with Gasteiger partial charge in [0.05, 0.1) is 15.7 Å². The molecular formula is C19H15Cl2F2NO4. The van der Waals surface area contributed by atoms with Gasteiger partial charge in [0.25, 0.3) is 5.91 Å². The number of rotatable bonds is 7. The van der Waals surface area contributed by atoms with Crippen LogP contribution in [-0.4, -0.2) is 24.6 Å². The van der Waals surface area contributed by atoms with E-state index in [4.69, 9.17) is 27.9 Å². The first-order chi connectivity index (χ1) is 13.3. The highest BCUT2D eigenvalue weighted by Gasteiger charge is 2.18. The molecule has 2 aromatic rings. The molecule has 0 aliphatic rings. The Morgan fingerprint density at radius 3 is 2.43 bits per heavy atom. The van der Waals surface area contributed by atoms with Gasteiger partial charge in [0.15, 0.2) is 6.10 Å². The monoisotopic (exact) mass is 429 g/mol. The molecule has 1 amide bonds. The Bertz CT molecular complexity index is 873. The minimum atomic E-state index is -2.91. The highest BCUT2D eigenvalue weighted by atomic mass is 35.5. The number of carbonyl (C=O) groups excluding carboxylic acids is 2. The van der Waals surface area contributed by atoms with Crippen molar-refractivity contribution >= 4 is 46.8 Å². The standard InChI is InChI=1S/C19H15Cl2F2NO4/c1-11(18(26)24-15-4-2-3-14(20)17(15)21)27-16(25)10-7-12-5-8-13(9-6-12)28-19(22)23/h2-11,19H,1H3,(H,24,26)/b10-7+. The summed E-state index contributed by atoms with van der Waals surface area (Å²) in [4.78, 5) is 24.0. The van der Waals surface area contributed by atoms with E-state index in [1.54, 1.807) is 18.2 Å². The molecule has 0 fully saturated rings. The van der Waals surface area contributed by atoms with E-state index < -0.39 is 24.6 Å². The Hall–Kier alpha value is -2.64. The maximum atomic E-state index is 12.1. The van der Waals surface area contributed by atoms with Crippen molar-refractivity contribution in [1.29, 1.82) is 0 Å². The summed E-state index contributed by atoms with van der Waals surface area (Å²) < 4.78 is 33.4. The molecule has 1 unspecified atom stereocenters. The maximum absolute atomic E-state index is 12.1. The zero-order chi connectivity index (χ0) is 20.7. The number of anilines is 1. The number of halogens is 4. The van der Waals surface area contributed by atoms with Gasteiger partial charge in [-0.3, -0.25) is 4.79 Å². The molecule has 0 radical (unpaired) electrons. The molecule has 28 heavy (non-hydrogen) atoms. The molecule has 5 nitrogen and oxygen atoms in total. The van der Waals surface area contributed by atoms with Crippen LogP contribution in [0.3, 0.4) is 0 Å². The second-order valence-corrected chi connectivity index (χ2v) is 6.24. The fraction of sp³-hybridized carbons (Fsp3) is 0.158. The van der Waals surface area contributed by atoms with Crippen molar-refractivity contribution in [3.05, 3.63) is 64.1 Å². The van der Waals surface area contributed by atoms with E-state index in [0.717, 1.165) is 6.08 Å². The quantitative estimate of drug-likeness (QED) is 0.486. The van der Waals surface area contributed by atoms with E-state index in [1.807, 2.05) is 0 Å². The molecule has 0 saturated carbocycles. The number of amides is 1. The third-order valence-corrected chi connectivity index (χ3v) is 4.21. The Labute approximate surface area is 169 Å². The maximum Gasteiger partial charge on any atom is 0.387 e. The summed E-state index contributed by atoms with van der Waals surface area (Å²) >= 11 is 11.9. The first-order valence-electron chi connectivity index (χ1n) is 7.94. The van der Waals surface area contributed by atoms with Gasteiger partial charge in [-0.1, -0.05) is 41.4 Å². The SMILES string of the molecule is CC(OC(=O)/C=C/c1ccc(OC(F)F)cc1)C(=O)Nc1cccc(Cl)c1Cl. The zero-order valence-corrected chi connectivity index (χ0v) is 16.0. The average Bonchev–Trinajstić information content (AvgIpc) is 2.64. The van der Waals surface area contributed by atoms with Crippen molar-refractivity contribution in [2.45, 2.75) is 19.6 Å². The van der Waals surface area contributed by atoms with Crippen molar-refractivity contribution < 1.29 is 27.8 Å². The summed E-state index contributed by atoms with van der Waals surface area (Å²) in [7, 11) is 0. The summed E-state index contributed by atoms with van der Waals surface area (Å²) in [5.74, 6) is -1.34. The Morgan fingerprint density at radius 1 is 1.11 bits per heavy atom. The average molecular weight is 430 g/mol. The van der Waals surface area contributed by atoms with Crippen LogP contribution in [0.5, 0.6) is 5.75 Å². The molecule has 0 saturated heterocycles. The van der Waals surface area contributed by atoms with Gasteiger partial charge in [-0.15, -0.1) is 0 Å². The topological polar surface area (TPSA) is 64.6 Å². The summed E-state index contributed by atoms with van der Waals surface area (Å²) in [5.41, 5.74) is 0.852. The number of esters is 1. The molecule has 2 aromatic carbocycles. The second kappa shape index (κ2) is 10.1. The lowest BCUT2D eigenvalue weighted by molar-refractivity contribution is -0.148. The highest BCUT2D eigenvalue weighted by Crippen LogP contribution is 2.29. The van der Waals surface area contributed by atoms with Crippen LogP contribution in [-0.2, 0) is 14.3 Å². The molecule has 0 spiro atoms. The second-order valence-electron chi connectivity index (χ2n) is 5.45. The fourth-order valence-corrected chi connectivity index (χ4v) is 2.37. The van der Waals surface area contributed by atoms with Gasteiger partial charge in [-0.2, -0.15) is 8.78 Å². The molecule has 0 aliphatic heterocycles. The van der Waals surface area contributed by atoms with E-state index >= 15 is 0 Å². The lowest BCUT2D eigenvalue weighted by atomic mass is 10.2. The van der Waals surface area contributed by atoms with E-state index in [-0.39, 0.29) is 15.8 Å². The predicted octanol–water partition coefficient (Wildman–Crippen LogP) is 5.18. The lowest BCUT2D eigenvalue weighted by Gasteiger charge is -2.13. The van der Waals surface area contributed by atoms with E-state index in [1.165, 1.54) is 37.3 Å². The molecule has 1 atom stereocenters. The normalized spacial score (nSPS) is 12.1. The summed E-state index contributed by atoms with van der Waals surface area (Å²) in [6.45, 7) is -1.51. The number of hydrogen-bond acceptors (Lipinski definition) is 4. The zero-order valence-electron chi connectivity index (χ0n) is 14.5. The van der Waals surface area contributed by atoms with Crippen LogP contribution in [0.4, 0.5) is 14.5 Å². The number of benzene rings is 2. The van der Waals surface area contributed by atoms with E-state index in [9.17, 15) is 18.4 Å². The van der Waals surface area contributed by atoms with E-state index in [0.29, 0.717) is 11.3 Å². The predicted molar refractivity (Wildman–Crippen MR) is 103 cm³/mol. The van der Waals surface area contributed by atoms with Gasteiger partial charge < -0.3 is 14.8 Å². The highest BCUT2D eigenvalue weighted by molar-refractivity contribution is 6.44. The summed E-state index contributed by atoms with van der Waals surface area (Å²) in [6, 6.07) is 10.4. The van der Waals surface area contributed by atoms with Crippen molar-refractivity contribution in [2.75, 3.05) is 5.32 Å². The smallest absolute Gasteiger partial charge is 0.387 e. The number of nitrogens with one attached hydrogen (secondary N) is 1. The molecule has 1 N–H and O–H groups in total. The fourth-order valence-electron chi connectivity index (χ4n) is 2.03. The lowest BCUT2D eigenvalue weighted by Crippen LogP contribution is -2.29. The van der Waals surface area contributed by atoms with Gasteiger partial charge in [0.2, 0.25) is 0 Å². The van der Waals surface area contributed by atoms with Crippen LogP contribution in [0.15, 0.2) is 48.5 Å². The van der Waals surface area contributed by atoms with Crippen LogP contribution < -0.4 is 10.1 Å². The third-order valence-electron chi connectivity index (χ3n) is 3.39. The molecule has 0 aromatic heterocycles. The van der Waals surface area contributed by atoms with Crippen molar-refractivity contribution in [3.8, 4) is 5.75 Å². The Balaban J connectivity index is 1.90. The van der Waals surface area contributed by atoms with Crippen molar-refractivity contribution in [2.24, 2.45) is 0 Å². The van der Waals surface area contributed by atoms with Crippen LogP contribution in [0.25, 0.3) is 6.08 Å². The van der Waals surface area contributed by atoms with Gasteiger partial charge in [0, 0.05) is 6.08 Å². The van der Waals surface area contributed by atoms with Crippen LogP contribution in [0.1, 0.15) is 12.5 Å². The number of carbonyl (C=O) groups is 2. The summed E-state index contributed by atoms with van der Waals surface area (Å²) in [5, 5.41) is 2.97. The molecule has 9 heteroatoms. The molecule has 148 valence electrons. The number of alkyl halides is 2. The molecular weight excluding hydrogens is 415 g/mol.